The van der Waals surface area contributed by atoms with Crippen LogP contribution in [0, 0.1) is 0 Å². The van der Waals surface area contributed by atoms with Crippen molar-refractivity contribution in [2.24, 2.45) is 0 Å². The Balaban J connectivity index is 2.32. The Morgan fingerprint density at radius 3 is 2.44 bits per heavy atom. The summed E-state index contributed by atoms with van der Waals surface area (Å²) in [7, 11) is 1.66. The molecule has 16 heavy (non-hydrogen) atoms. The number of hydrogen-bond acceptors (Lipinski definition) is 2. The first-order valence-corrected chi connectivity index (χ1v) is 5.58. The Labute approximate surface area is 96.6 Å². The third kappa shape index (κ3) is 1.63. The molecule has 86 valence electrons. The summed E-state index contributed by atoms with van der Waals surface area (Å²) >= 11 is 0. The Kier molecular flexibility index (Phi) is 2.76. The van der Waals surface area contributed by atoms with E-state index in [-0.39, 0.29) is 5.41 Å². The molecule has 0 amide bonds. The molecule has 2 rings (SSSR count). The topological polar surface area (TPSA) is 29.5 Å². The summed E-state index contributed by atoms with van der Waals surface area (Å²) in [5, 5.41) is 10.2. The van der Waals surface area contributed by atoms with Crippen LogP contribution < -0.4 is 4.74 Å². The third-order valence-electron chi connectivity index (χ3n) is 3.71. The van der Waals surface area contributed by atoms with Crippen LogP contribution in [0.5, 0.6) is 5.75 Å². The third-order valence-corrected chi connectivity index (χ3v) is 3.71. The Bertz CT molecular complexity index is 394. The van der Waals surface area contributed by atoms with Gasteiger partial charge in [-0.2, -0.15) is 0 Å². The average molecular weight is 218 g/mol. The van der Waals surface area contributed by atoms with Gasteiger partial charge in [0.1, 0.15) is 5.75 Å². The SMILES string of the molecule is C=C1CC[C@](C)(c2ccc(OC)cc2)C1O. The lowest BCUT2D eigenvalue weighted by atomic mass is 9.79. The summed E-state index contributed by atoms with van der Waals surface area (Å²) in [6.07, 6.45) is 1.43. The van der Waals surface area contributed by atoms with Gasteiger partial charge in [0.05, 0.1) is 13.2 Å². The molecule has 1 fully saturated rings. The number of benzene rings is 1. The van der Waals surface area contributed by atoms with Crippen LogP contribution in [0.2, 0.25) is 0 Å². The van der Waals surface area contributed by atoms with Crippen LogP contribution >= 0.6 is 0 Å². The second-order valence-corrected chi connectivity index (χ2v) is 4.71. The van der Waals surface area contributed by atoms with E-state index in [0.717, 1.165) is 29.7 Å². The first-order valence-electron chi connectivity index (χ1n) is 5.58. The van der Waals surface area contributed by atoms with Crippen LogP contribution in [0.15, 0.2) is 36.4 Å². The number of aliphatic hydroxyl groups is 1. The first-order chi connectivity index (χ1) is 7.58. The Hall–Kier alpha value is -1.28. The summed E-state index contributed by atoms with van der Waals surface area (Å²) in [4.78, 5) is 0. The molecule has 0 heterocycles. The van der Waals surface area contributed by atoms with Crippen molar-refractivity contribution in [1.82, 2.24) is 0 Å². The van der Waals surface area contributed by atoms with Crippen LogP contribution in [-0.2, 0) is 5.41 Å². The summed E-state index contributed by atoms with van der Waals surface area (Å²) in [6.45, 7) is 6.01. The van der Waals surface area contributed by atoms with Crippen molar-refractivity contribution >= 4 is 0 Å². The van der Waals surface area contributed by atoms with Crippen LogP contribution in [0.1, 0.15) is 25.3 Å². The molecule has 1 aromatic rings. The lowest BCUT2D eigenvalue weighted by molar-refractivity contribution is 0.144. The zero-order valence-electron chi connectivity index (χ0n) is 9.86. The highest BCUT2D eigenvalue weighted by molar-refractivity contribution is 5.37. The van der Waals surface area contributed by atoms with Crippen molar-refractivity contribution in [2.45, 2.75) is 31.3 Å². The number of methoxy groups -OCH3 is 1. The molecular formula is C14H18O2. The maximum atomic E-state index is 10.2. The highest BCUT2D eigenvalue weighted by atomic mass is 16.5. The second-order valence-electron chi connectivity index (χ2n) is 4.71. The van der Waals surface area contributed by atoms with Gasteiger partial charge in [-0.25, -0.2) is 0 Å². The maximum absolute atomic E-state index is 10.2. The normalized spacial score (nSPS) is 29.4. The van der Waals surface area contributed by atoms with E-state index < -0.39 is 6.10 Å². The molecular weight excluding hydrogens is 200 g/mol. The van der Waals surface area contributed by atoms with Crippen molar-refractivity contribution in [3.63, 3.8) is 0 Å². The van der Waals surface area contributed by atoms with Gasteiger partial charge in [0, 0.05) is 5.41 Å². The number of rotatable bonds is 2. The summed E-state index contributed by atoms with van der Waals surface area (Å²) in [6, 6.07) is 7.93. The standard InChI is InChI=1S/C14H18O2/c1-10-8-9-14(2,13(10)15)11-4-6-12(16-3)7-5-11/h4-7,13,15H,1,8-9H2,2-3H3/t13?,14-/m1/s1. The predicted molar refractivity (Wildman–Crippen MR) is 64.7 cm³/mol. The van der Waals surface area contributed by atoms with Gasteiger partial charge in [-0.15, -0.1) is 0 Å². The summed E-state index contributed by atoms with van der Waals surface area (Å²) in [5.74, 6) is 0.846. The molecule has 0 aliphatic heterocycles. The highest BCUT2D eigenvalue weighted by Crippen LogP contribution is 2.43. The van der Waals surface area contributed by atoms with Crippen LogP contribution in [-0.4, -0.2) is 18.3 Å². The zero-order chi connectivity index (χ0) is 11.8. The molecule has 1 saturated carbocycles. The molecule has 1 unspecified atom stereocenters. The predicted octanol–water partition coefficient (Wildman–Crippen LogP) is 2.66. The number of ether oxygens (including phenoxy) is 1. The van der Waals surface area contributed by atoms with Gasteiger partial charge < -0.3 is 9.84 Å². The smallest absolute Gasteiger partial charge is 0.118 e. The van der Waals surface area contributed by atoms with E-state index in [4.69, 9.17) is 4.74 Å². The highest BCUT2D eigenvalue weighted by Gasteiger charge is 2.41. The lowest BCUT2D eigenvalue weighted by Crippen LogP contribution is -2.31. The van der Waals surface area contributed by atoms with Crippen molar-refractivity contribution < 1.29 is 9.84 Å². The summed E-state index contributed by atoms with van der Waals surface area (Å²) in [5.41, 5.74) is 1.90. The molecule has 1 aromatic carbocycles. The van der Waals surface area contributed by atoms with Crippen LogP contribution in [0.25, 0.3) is 0 Å². The molecule has 2 atom stereocenters. The minimum absolute atomic E-state index is 0.191. The molecule has 2 nitrogen and oxygen atoms in total. The first kappa shape index (κ1) is 11.2. The average Bonchev–Trinajstić information content (AvgIpc) is 2.59. The van der Waals surface area contributed by atoms with E-state index in [2.05, 4.69) is 13.5 Å². The second kappa shape index (κ2) is 3.95. The van der Waals surface area contributed by atoms with E-state index >= 15 is 0 Å². The van der Waals surface area contributed by atoms with Crippen molar-refractivity contribution in [3.05, 3.63) is 42.0 Å². The van der Waals surface area contributed by atoms with Crippen molar-refractivity contribution in [1.29, 1.82) is 0 Å². The van der Waals surface area contributed by atoms with Gasteiger partial charge in [0.2, 0.25) is 0 Å². The monoisotopic (exact) mass is 218 g/mol. The van der Waals surface area contributed by atoms with E-state index in [0.29, 0.717) is 0 Å². The fraction of sp³-hybridized carbons (Fsp3) is 0.429. The van der Waals surface area contributed by atoms with Gasteiger partial charge in [-0.3, -0.25) is 0 Å². The van der Waals surface area contributed by atoms with E-state index in [1.165, 1.54) is 0 Å². The summed E-state index contributed by atoms with van der Waals surface area (Å²) < 4.78 is 5.13. The quantitative estimate of drug-likeness (QED) is 0.773. The molecule has 0 spiro atoms. The molecule has 0 bridgehead atoms. The molecule has 0 aromatic heterocycles. The number of hydrogen-bond donors (Lipinski definition) is 1. The van der Waals surface area contributed by atoms with Gasteiger partial charge in [0.25, 0.3) is 0 Å². The van der Waals surface area contributed by atoms with Gasteiger partial charge in [0.15, 0.2) is 0 Å². The lowest BCUT2D eigenvalue weighted by Gasteiger charge is -2.28. The molecule has 0 saturated heterocycles. The molecule has 1 N–H and O–H groups in total. The van der Waals surface area contributed by atoms with Gasteiger partial charge in [-0.1, -0.05) is 25.6 Å². The maximum Gasteiger partial charge on any atom is 0.118 e. The molecule has 1 aliphatic carbocycles. The van der Waals surface area contributed by atoms with Gasteiger partial charge in [-0.05, 0) is 36.1 Å². The fourth-order valence-corrected chi connectivity index (χ4v) is 2.42. The zero-order valence-corrected chi connectivity index (χ0v) is 9.86. The fourth-order valence-electron chi connectivity index (χ4n) is 2.42. The largest absolute Gasteiger partial charge is 0.497 e. The number of aliphatic hydroxyl groups excluding tert-OH is 1. The molecule has 2 heteroatoms. The van der Waals surface area contributed by atoms with Crippen molar-refractivity contribution in [3.8, 4) is 5.75 Å². The Morgan fingerprint density at radius 2 is 2.00 bits per heavy atom. The van der Waals surface area contributed by atoms with Crippen LogP contribution in [0.4, 0.5) is 0 Å². The van der Waals surface area contributed by atoms with E-state index in [1.54, 1.807) is 7.11 Å². The minimum Gasteiger partial charge on any atom is -0.497 e. The van der Waals surface area contributed by atoms with Crippen molar-refractivity contribution in [2.75, 3.05) is 7.11 Å². The van der Waals surface area contributed by atoms with E-state index in [9.17, 15) is 5.11 Å². The molecule has 1 aliphatic rings. The van der Waals surface area contributed by atoms with E-state index in [1.807, 2.05) is 24.3 Å². The molecule has 0 radical (unpaired) electrons. The van der Waals surface area contributed by atoms with Gasteiger partial charge >= 0.3 is 0 Å². The van der Waals surface area contributed by atoms with Crippen LogP contribution in [0.3, 0.4) is 0 Å². The Morgan fingerprint density at radius 1 is 1.38 bits per heavy atom. The minimum atomic E-state index is -0.430.